The fourth-order valence-corrected chi connectivity index (χ4v) is 3.92. The number of nitrogens with one attached hydrogen (secondary N) is 1. The summed E-state index contributed by atoms with van der Waals surface area (Å²) in [7, 11) is 0. The summed E-state index contributed by atoms with van der Waals surface area (Å²) in [6.45, 7) is 3.86. The third-order valence-electron chi connectivity index (χ3n) is 4.39. The van der Waals surface area contributed by atoms with Crippen LogP contribution in [0.4, 0.5) is 0 Å². The zero-order valence-electron chi connectivity index (χ0n) is 10.4. The van der Waals surface area contributed by atoms with Crippen LogP contribution in [0.5, 0.6) is 0 Å². The Balaban J connectivity index is 1.76. The van der Waals surface area contributed by atoms with Gasteiger partial charge in [-0.05, 0) is 30.8 Å². The molecule has 0 radical (unpaired) electrons. The van der Waals surface area contributed by atoms with Gasteiger partial charge >= 0.3 is 0 Å². The molecule has 3 unspecified atom stereocenters. The molecule has 2 aliphatic rings. The summed E-state index contributed by atoms with van der Waals surface area (Å²) < 4.78 is 0. The summed E-state index contributed by atoms with van der Waals surface area (Å²) in [6, 6.07) is 4.13. The summed E-state index contributed by atoms with van der Waals surface area (Å²) in [5.41, 5.74) is 5.22. The number of carbonyl (C=O) groups excluding carboxylic acids is 1. The molecule has 1 amide bonds. The summed E-state index contributed by atoms with van der Waals surface area (Å²) in [6.07, 6.45) is 1.93. The molecule has 0 aliphatic carbocycles. The molecule has 2 bridgehead atoms. The summed E-state index contributed by atoms with van der Waals surface area (Å²) >= 11 is 1.72. The predicted molar refractivity (Wildman–Crippen MR) is 72.2 cm³/mol. The van der Waals surface area contributed by atoms with Crippen molar-refractivity contribution in [1.29, 1.82) is 0 Å². The number of hydrogen-bond acceptors (Lipinski definition) is 4. The van der Waals surface area contributed by atoms with Crippen LogP contribution in [0.2, 0.25) is 0 Å². The van der Waals surface area contributed by atoms with E-state index in [9.17, 15) is 4.79 Å². The molecule has 3 atom stereocenters. The molecule has 3 rings (SSSR count). The molecular formula is C13H19N3OS. The number of carbonyl (C=O) groups is 1. The lowest BCUT2D eigenvalue weighted by molar-refractivity contribution is -0.128. The molecule has 3 N–H and O–H groups in total. The van der Waals surface area contributed by atoms with E-state index in [0.717, 1.165) is 39.0 Å². The van der Waals surface area contributed by atoms with Crippen molar-refractivity contribution < 1.29 is 4.79 Å². The number of primary amides is 1. The highest BCUT2D eigenvalue weighted by molar-refractivity contribution is 7.09. The van der Waals surface area contributed by atoms with Crippen molar-refractivity contribution >= 4 is 17.2 Å². The highest BCUT2D eigenvalue weighted by Crippen LogP contribution is 2.35. The van der Waals surface area contributed by atoms with E-state index in [1.54, 1.807) is 11.3 Å². The maximum Gasteiger partial charge on any atom is 0.238 e. The van der Waals surface area contributed by atoms with Crippen LogP contribution in [0.3, 0.4) is 0 Å². The number of rotatable bonds is 4. The van der Waals surface area contributed by atoms with Gasteiger partial charge in [0.1, 0.15) is 5.54 Å². The summed E-state index contributed by atoms with van der Waals surface area (Å²) in [5.74, 6) is 0.203. The highest BCUT2D eigenvalue weighted by Gasteiger charge is 2.49. The first-order valence-corrected chi connectivity index (χ1v) is 7.38. The summed E-state index contributed by atoms with van der Waals surface area (Å²) in [5, 5.41) is 5.54. The maximum absolute atomic E-state index is 12.0. The number of nitrogens with zero attached hydrogens (tertiary/aromatic N) is 1. The first-order valence-electron chi connectivity index (χ1n) is 6.50. The van der Waals surface area contributed by atoms with Crippen LogP contribution in [0.15, 0.2) is 17.5 Å². The maximum atomic E-state index is 12.0. The highest BCUT2D eigenvalue weighted by atomic mass is 32.1. The van der Waals surface area contributed by atoms with Gasteiger partial charge in [-0.15, -0.1) is 11.3 Å². The number of nitrogens with two attached hydrogens (primary N) is 1. The Kier molecular flexibility index (Phi) is 3.13. The van der Waals surface area contributed by atoms with Crippen LogP contribution in [0.25, 0.3) is 0 Å². The molecule has 2 fully saturated rings. The van der Waals surface area contributed by atoms with E-state index in [0.29, 0.717) is 5.92 Å². The van der Waals surface area contributed by atoms with E-state index in [1.807, 2.05) is 6.07 Å². The Morgan fingerprint density at radius 2 is 2.50 bits per heavy atom. The van der Waals surface area contributed by atoms with E-state index in [1.165, 1.54) is 4.88 Å². The van der Waals surface area contributed by atoms with Crippen molar-refractivity contribution in [3.63, 3.8) is 0 Å². The molecule has 1 aromatic rings. The van der Waals surface area contributed by atoms with Crippen LogP contribution in [0, 0.1) is 5.92 Å². The minimum absolute atomic E-state index is 0.175. The second-order valence-corrected chi connectivity index (χ2v) is 6.34. The van der Waals surface area contributed by atoms with Gasteiger partial charge in [0, 0.05) is 30.4 Å². The zero-order valence-corrected chi connectivity index (χ0v) is 11.2. The predicted octanol–water partition coefficient (Wildman–Crippen LogP) is 0.787. The smallest absolute Gasteiger partial charge is 0.238 e. The molecular weight excluding hydrogens is 246 g/mol. The minimum Gasteiger partial charge on any atom is -0.368 e. The molecule has 3 heterocycles. The Morgan fingerprint density at radius 3 is 3.22 bits per heavy atom. The first-order chi connectivity index (χ1) is 8.71. The number of amides is 1. The Hall–Kier alpha value is -0.910. The Labute approximate surface area is 111 Å². The topological polar surface area (TPSA) is 58.4 Å². The molecule has 0 spiro atoms. The molecule has 0 saturated carbocycles. The average Bonchev–Trinajstić information content (AvgIpc) is 2.99. The molecule has 18 heavy (non-hydrogen) atoms. The van der Waals surface area contributed by atoms with Gasteiger partial charge < -0.3 is 10.6 Å². The average molecular weight is 265 g/mol. The van der Waals surface area contributed by atoms with Crippen LogP contribution in [-0.4, -0.2) is 36.0 Å². The number of thiophene rings is 1. The normalized spacial score (nSPS) is 34.7. The van der Waals surface area contributed by atoms with Gasteiger partial charge in [-0.2, -0.15) is 0 Å². The second-order valence-electron chi connectivity index (χ2n) is 5.30. The number of fused-ring (bicyclic) bond motifs is 2. The zero-order chi connectivity index (χ0) is 12.6. The van der Waals surface area contributed by atoms with Gasteiger partial charge in [-0.3, -0.25) is 10.1 Å². The van der Waals surface area contributed by atoms with Crippen molar-refractivity contribution in [1.82, 2.24) is 10.2 Å². The molecule has 4 nitrogen and oxygen atoms in total. The van der Waals surface area contributed by atoms with Gasteiger partial charge in [0.15, 0.2) is 0 Å². The van der Waals surface area contributed by atoms with Crippen molar-refractivity contribution in [2.24, 2.45) is 11.7 Å². The number of piperidine rings is 1. The van der Waals surface area contributed by atoms with Gasteiger partial charge in [0.05, 0.1) is 0 Å². The fourth-order valence-electron chi connectivity index (χ4n) is 3.28. The Morgan fingerprint density at radius 1 is 1.61 bits per heavy atom. The SMILES string of the molecule is NC(=O)C1(NCc2cccs2)CCN2CCC1C2. The standard InChI is InChI=1S/C13H19N3OS/c14-12(17)13(15-8-11-2-1-7-18-11)4-6-16-5-3-10(13)9-16/h1-2,7,10,15H,3-6,8-9H2,(H2,14,17). The first kappa shape index (κ1) is 12.1. The lowest BCUT2D eigenvalue weighted by atomic mass is 9.78. The van der Waals surface area contributed by atoms with Gasteiger partial charge in [-0.25, -0.2) is 0 Å². The molecule has 2 saturated heterocycles. The van der Waals surface area contributed by atoms with Crippen LogP contribution in [-0.2, 0) is 11.3 Å². The molecule has 0 aromatic carbocycles. The van der Waals surface area contributed by atoms with Gasteiger partial charge in [0.25, 0.3) is 0 Å². The molecule has 98 valence electrons. The molecule has 5 heteroatoms. The largest absolute Gasteiger partial charge is 0.368 e. The lowest BCUT2D eigenvalue weighted by Crippen LogP contribution is -2.63. The quantitative estimate of drug-likeness (QED) is 0.846. The van der Waals surface area contributed by atoms with Crippen molar-refractivity contribution in [2.75, 3.05) is 19.6 Å². The van der Waals surface area contributed by atoms with E-state index >= 15 is 0 Å². The number of hydrogen-bond donors (Lipinski definition) is 2. The van der Waals surface area contributed by atoms with Gasteiger partial charge in [0.2, 0.25) is 5.91 Å². The van der Waals surface area contributed by atoms with Crippen molar-refractivity contribution in [2.45, 2.75) is 24.9 Å². The Bertz CT molecular complexity index is 433. The molecule has 1 aromatic heterocycles. The lowest BCUT2D eigenvalue weighted by Gasteiger charge is -2.41. The van der Waals surface area contributed by atoms with E-state index in [-0.39, 0.29) is 5.91 Å². The third kappa shape index (κ3) is 1.96. The third-order valence-corrected chi connectivity index (χ3v) is 5.27. The van der Waals surface area contributed by atoms with Crippen LogP contribution in [0.1, 0.15) is 17.7 Å². The van der Waals surface area contributed by atoms with Gasteiger partial charge in [-0.1, -0.05) is 6.07 Å². The van der Waals surface area contributed by atoms with E-state index in [2.05, 4.69) is 21.7 Å². The second kappa shape index (κ2) is 4.64. The van der Waals surface area contributed by atoms with Crippen molar-refractivity contribution in [3.05, 3.63) is 22.4 Å². The summed E-state index contributed by atoms with van der Waals surface area (Å²) in [4.78, 5) is 15.7. The van der Waals surface area contributed by atoms with E-state index in [4.69, 9.17) is 5.73 Å². The van der Waals surface area contributed by atoms with Crippen LogP contribution >= 0.6 is 11.3 Å². The minimum atomic E-state index is -0.489. The van der Waals surface area contributed by atoms with Crippen LogP contribution < -0.4 is 11.1 Å². The fraction of sp³-hybridized carbons (Fsp3) is 0.615. The monoisotopic (exact) mass is 265 g/mol. The van der Waals surface area contributed by atoms with E-state index < -0.39 is 5.54 Å². The molecule has 2 aliphatic heterocycles. The van der Waals surface area contributed by atoms with Crippen molar-refractivity contribution in [3.8, 4) is 0 Å².